The van der Waals surface area contributed by atoms with E-state index in [1.54, 1.807) is 6.33 Å². The lowest BCUT2D eigenvalue weighted by Gasteiger charge is -2.48. The third-order valence-electron chi connectivity index (χ3n) is 10.5. The lowest BCUT2D eigenvalue weighted by atomic mass is 9.92. The van der Waals surface area contributed by atoms with Gasteiger partial charge < -0.3 is 24.0 Å². The summed E-state index contributed by atoms with van der Waals surface area (Å²) in [6, 6.07) is 8.41. The highest BCUT2D eigenvalue weighted by atomic mass is 16.6. The average Bonchev–Trinajstić information content (AvgIpc) is 3.66. The Labute approximate surface area is 284 Å². The van der Waals surface area contributed by atoms with Crippen LogP contribution in [0.5, 0.6) is 5.75 Å². The fourth-order valence-corrected chi connectivity index (χ4v) is 7.39. The average molecular weight is 660 g/mol. The van der Waals surface area contributed by atoms with Crippen LogP contribution in [0, 0.1) is 5.92 Å². The predicted molar refractivity (Wildman–Crippen MR) is 186 cm³/mol. The summed E-state index contributed by atoms with van der Waals surface area (Å²) < 4.78 is 20.2. The molecule has 5 heterocycles. The Morgan fingerprint density at radius 2 is 1.79 bits per heavy atom. The molecule has 3 saturated heterocycles. The maximum Gasteiger partial charge on any atom is 0.410 e. The van der Waals surface area contributed by atoms with Crippen molar-refractivity contribution in [3.05, 3.63) is 30.6 Å². The van der Waals surface area contributed by atoms with Crippen LogP contribution in [0.1, 0.15) is 92.7 Å². The largest absolute Gasteiger partial charge is 0.488 e. The SMILES string of the molecule is CC(C)(C)OC(=O)N1CCN(CC2CCN(c3cc(-c4nn(C5CCCCO5)c5ccc(OC6(C)CC6)cc45)ncn3)CC2)C(C)(C)C1. The van der Waals surface area contributed by atoms with Gasteiger partial charge in [0.05, 0.1) is 11.2 Å². The molecule has 1 amide bonds. The van der Waals surface area contributed by atoms with E-state index in [9.17, 15) is 4.79 Å². The molecule has 260 valence electrons. The van der Waals surface area contributed by atoms with Gasteiger partial charge in [-0.2, -0.15) is 5.10 Å². The highest BCUT2D eigenvalue weighted by Crippen LogP contribution is 2.41. The molecule has 0 bridgehead atoms. The third-order valence-corrected chi connectivity index (χ3v) is 10.5. The number of piperidine rings is 1. The maximum absolute atomic E-state index is 12.7. The van der Waals surface area contributed by atoms with Gasteiger partial charge in [0.1, 0.15) is 34.8 Å². The predicted octanol–water partition coefficient (Wildman–Crippen LogP) is 6.67. The van der Waals surface area contributed by atoms with Crippen molar-refractivity contribution in [2.75, 3.05) is 50.8 Å². The first-order valence-corrected chi connectivity index (χ1v) is 18.0. The summed E-state index contributed by atoms with van der Waals surface area (Å²) in [5.74, 6) is 2.41. The lowest BCUT2D eigenvalue weighted by Crippen LogP contribution is -2.61. The number of nitrogens with zero attached hydrogens (tertiary/aromatic N) is 7. The van der Waals surface area contributed by atoms with Crippen molar-refractivity contribution in [2.45, 2.75) is 109 Å². The van der Waals surface area contributed by atoms with Crippen molar-refractivity contribution in [3.8, 4) is 17.1 Å². The second-order valence-electron chi connectivity index (χ2n) is 16.2. The summed E-state index contributed by atoms with van der Waals surface area (Å²) in [6.45, 7) is 18.3. The van der Waals surface area contributed by atoms with Gasteiger partial charge in [0.25, 0.3) is 0 Å². The monoisotopic (exact) mass is 659 g/mol. The zero-order chi connectivity index (χ0) is 33.7. The Bertz CT molecular complexity index is 1610. The van der Waals surface area contributed by atoms with Gasteiger partial charge in [-0.3, -0.25) is 4.90 Å². The second kappa shape index (κ2) is 12.8. The highest BCUT2D eigenvalue weighted by Gasteiger charge is 2.40. The number of carbonyl (C=O) groups is 1. The van der Waals surface area contributed by atoms with Crippen LogP contribution in [-0.4, -0.2) is 98.3 Å². The summed E-state index contributed by atoms with van der Waals surface area (Å²) in [7, 11) is 0. The van der Waals surface area contributed by atoms with Gasteiger partial charge in [-0.15, -0.1) is 0 Å². The van der Waals surface area contributed by atoms with E-state index in [2.05, 4.69) is 59.5 Å². The van der Waals surface area contributed by atoms with E-state index < -0.39 is 5.60 Å². The number of hydrogen-bond acceptors (Lipinski definition) is 9. The molecule has 1 aliphatic carbocycles. The molecule has 7 rings (SSSR count). The molecule has 1 aromatic carbocycles. The van der Waals surface area contributed by atoms with Gasteiger partial charge in [0.2, 0.25) is 0 Å². The normalized spacial score (nSPS) is 23.3. The molecular formula is C37H53N7O4. The number of anilines is 1. The van der Waals surface area contributed by atoms with Crippen molar-refractivity contribution in [2.24, 2.45) is 5.92 Å². The molecule has 11 nitrogen and oxygen atoms in total. The fourth-order valence-electron chi connectivity index (χ4n) is 7.39. The van der Waals surface area contributed by atoms with Crippen LogP contribution in [0.2, 0.25) is 0 Å². The van der Waals surface area contributed by atoms with Crippen molar-refractivity contribution in [3.63, 3.8) is 0 Å². The molecule has 4 fully saturated rings. The van der Waals surface area contributed by atoms with E-state index in [0.717, 1.165) is 112 Å². The van der Waals surface area contributed by atoms with Crippen LogP contribution < -0.4 is 9.64 Å². The summed E-state index contributed by atoms with van der Waals surface area (Å²) in [6.07, 6.45) is 8.93. The van der Waals surface area contributed by atoms with Crippen molar-refractivity contribution in [1.29, 1.82) is 0 Å². The number of amides is 1. The minimum Gasteiger partial charge on any atom is -0.488 e. The zero-order valence-electron chi connectivity index (χ0n) is 29.7. The quantitative estimate of drug-likeness (QED) is 0.275. The van der Waals surface area contributed by atoms with E-state index in [-0.39, 0.29) is 23.5 Å². The Morgan fingerprint density at radius 1 is 1.00 bits per heavy atom. The second-order valence-corrected chi connectivity index (χ2v) is 16.2. The van der Waals surface area contributed by atoms with Crippen LogP contribution in [0.3, 0.4) is 0 Å². The van der Waals surface area contributed by atoms with Gasteiger partial charge in [-0.05, 0) is 111 Å². The summed E-state index contributed by atoms with van der Waals surface area (Å²) in [4.78, 5) is 29.0. The van der Waals surface area contributed by atoms with E-state index in [4.69, 9.17) is 29.3 Å². The zero-order valence-corrected chi connectivity index (χ0v) is 29.7. The number of hydrogen-bond donors (Lipinski definition) is 0. The molecule has 3 aromatic rings. The Hall–Kier alpha value is -3.44. The molecule has 4 aliphatic rings. The standard InChI is InChI=1S/C37H53N7O4/c1-35(2,3)48-34(45)42-18-19-43(36(4,5)24-42)23-26-12-16-41(17-13-26)31-22-29(38-25-39-31)33-28-21-27(47-37(6)14-15-37)10-11-30(28)44(40-33)32-9-7-8-20-46-32/h10-11,21-22,25-26,32H,7-9,12-20,23-24H2,1-6H3. The van der Waals surface area contributed by atoms with Crippen molar-refractivity contribution < 1.29 is 19.0 Å². The molecule has 1 atom stereocenters. The Kier molecular flexibility index (Phi) is 8.81. The number of piperazine rings is 1. The van der Waals surface area contributed by atoms with Gasteiger partial charge in [-0.25, -0.2) is 19.4 Å². The maximum atomic E-state index is 12.7. The first kappa shape index (κ1) is 33.1. The summed E-state index contributed by atoms with van der Waals surface area (Å²) in [5, 5.41) is 6.17. The summed E-state index contributed by atoms with van der Waals surface area (Å²) >= 11 is 0. The van der Waals surface area contributed by atoms with Gasteiger partial charge in [-0.1, -0.05) is 0 Å². The van der Waals surface area contributed by atoms with Crippen LogP contribution >= 0.6 is 0 Å². The molecule has 1 unspecified atom stereocenters. The minimum atomic E-state index is -0.483. The first-order valence-electron chi connectivity index (χ1n) is 18.0. The van der Waals surface area contributed by atoms with Crippen molar-refractivity contribution in [1.82, 2.24) is 29.5 Å². The number of fused-ring (bicyclic) bond motifs is 1. The van der Waals surface area contributed by atoms with Gasteiger partial charge >= 0.3 is 6.09 Å². The lowest BCUT2D eigenvalue weighted by molar-refractivity contribution is -0.0365. The first-order chi connectivity index (χ1) is 22.9. The van der Waals surface area contributed by atoms with E-state index in [1.807, 2.05) is 25.7 Å². The van der Waals surface area contributed by atoms with E-state index in [1.165, 1.54) is 0 Å². The smallest absolute Gasteiger partial charge is 0.410 e. The molecule has 11 heteroatoms. The number of aromatic nitrogens is 4. The molecule has 0 spiro atoms. The Balaban J connectivity index is 1.03. The van der Waals surface area contributed by atoms with E-state index in [0.29, 0.717) is 19.0 Å². The fraction of sp³-hybridized carbons (Fsp3) is 0.676. The third kappa shape index (κ3) is 7.27. The molecule has 0 N–H and O–H groups in total. The molecule has 2 aromatic heterocycles. The highest BCUT2D eigenvalue weighted by molar-refractivity contribution is 5.93. The molecule has 1 saturated carbocycles. The van der Waals surface area contributed by atoms with Crippen LogP contribution in [0.25, 0.3) is 22.3 Å². The number of carbonyl (C=O) groups excluding carboxylic acids is 1. The molecule has 0 radical (unpaired) electrons. The Morgan fingerprint density at radius 3 is 2.48 bits per heavy atom. The molecular weight excluding hydrogens is 606 g/mol. The topological polar surface area (TPSA) is 98.1 Å². The molecule has 3 aliphatic heterocycles. The number of rotatable bonds is 7. The van der Waals surface area contributed by atoms with Gasteiger partial charge in [0, 0.05) is 62.9 Å². The number of ether oxygens (including phenoxy) is 3. The van der Waals surface area contributed by atoms with Crippen LogP contribution in [0.15, 0.2) is 30.6 Å². The summed E-state index contributed by atoms with van der Waals surface area (Å²) in [5.41, 5.74) is 2.06. The van der Waals surface area contributed by atoms with Crippen LogP contribution in [-0.2, 0) is 9.47 Å². The minimum absolute atomic E-state index is 0.0608. The van der Waals surface area contributed by atoms with Crippen LogP contribution in [0.4, 0.5) is 10.6 Å². The molecule has 48 heavy (non-hydrogen) atoms. The number of benzene rings is 1. The van der Waals surface area contributed by atoms with Crippen molar-refractivity contribution >= 4 is 22.8 Å². The van der Waals surface area contributed by atoms with E-state index >= 15 is 0 Å². The van der Waals surface area contributed by atoms with Gasteiger partial charge in [0.15, 0.2) is 6.23 Å².